The van der Waals surface area contributed by atoms with E-state index in [2.05, 4.69) is 34.1 Å². The molecule has 2 heteroatoms. The van der Waals surface area contributed by atoms with Crippen LogP contribution in [-0.4, -0.2) is 10.7 Å². The topological polar surface area (TPSA) is 0 Å². The molecule has 0 nitrogen and oxygen atoms in total. The fourth-order valence-corrected chi connectivity index (χ4v) is 3.96. The van der Waals surface area contributed by atoms with E-state index >= 15 is 0 Å². The van der Waals surface area contributed by atoms with Crippen LogP contribution in [0.15, 0.2) is 12.2 Å². The maximum atomic E-state index is 3.03. The van der Waals surface area contributed by atoms with Gasteiger partial charge in [0.05, 0.1) is 0 Å². The fraction of sp³-hybridized carbons (Fsp3) is 0.812. The van der Waals surface area contributed by atoms with Gasteiger partial charge in [-0.05, 0) is 12.2 Å². The lowest BCUT2D eigenvalue weighted by atomic mass is 10.0. The van der Waals surface area contributed by atoms with Gasteiger partial charge in [0.2, 0.25) is 0 Å². The van der Waals surface area contributed by atoms with Crippen molar-refractivity contribution in [2.45, 2.75) is 82.4 Å². The standard InChI is InChI=1S/C16H30P2/c1-2-3-4-5-6-7-8-9-10-11-13-16(17)14-12-15-18-16/h12,14-15H,2-11,13,17H2,1H3. The van der Waals surface area contributed by atoms with Gasteiger partial charge in [-0.1, -0.05) is 91.5 Å². The first-order valence-corrected chi connectivity index (χ1v) is 9.33. The highest BCUT2D eigenvalue weighted by Gasteiger charge is 2.19. The molecule has 104 valence electrons. The van der Waals surface area contributed by atoms with E-state index in [0.29, 0.717) is 4.90 Å². The predicted molar refractivity (Wildman–Crippen MR) is 91.0 cm³/mol. The van der Waals surface area contributed by atoms with Crippen LogP contribution in [-0.2, 0) is 0 Å². The second-order valence-corrected chi connectivity index (χ2v) is 8.47. The number of allylic oxidation sites excluding steroid dienone is 2. The summed E-state index contributed by atoms with van der Waals surface area (Å²) in [6.45, 7) is 2.29. The van der Waals surface area contributed by atoms with Crippen LogP contribution in [0, 0.1) is 0 Å². The molecular formula is C16H30P2. The lowest BCUT2D eigenvalue weighted by Gasteiger charge is -2.17. The Hall–Kier alpha value is 0.340. The van der Waals surface area contributed by atoms with E-state index in [1.54, 1.807) is 0 Å². The van der Waals surface area contributed by atoms with Crippen LogP contribution in [0.2, 0.25) is 0 Å². The van der Waals surface area contributed by atoms with Gasteiger partial charge < -0.3 is 0 Å². The Balaban J connectivity index is 1.82. The van der Waals surface area contributed by atoms with Crippen molar-refractivity contribution in [3.63, 3.8) is 0 Å². The second-order valence-electron chi connectivity index (χ2n) is 5.56. The molecule has 0 radical (unpaired) electrons. The summed E-state index contributed by atoms with van der Waals surface area (Å²) in [6.07, 6.45) is 20.2. The Morgan fingerprint density at radius 1 is 0.889 bits per heavy atom. The van der Waals surface area contributed by atoms with Gasteiger partial charge in [0.25, 0.3) is 0 Å². The number of rotatable bonds is 11. The maximum absolute atomic E-state index is 3.03. The predicted octanol–water partition coefficient (Wildman–Crippen LogP) is 6.19. The average molecular weight is 284 g/mol. The van der Waals surface area contributed by atoms with Gasteiger partial charge in [-0.25, -0.2) is 0 Å². The third kappa shape index (κ3) is 7.70. The summed E-state index contributed by atoms with van der Waals surface area (Å²) in [4.78, 5) is 0.389. The lowest BCUT2D eigenvalue weighted by Crippen LogP contribution is -2.05. The van der Waals surface area contributed by atoms with E-state index < -0.39 is 0 Å². The van der Waals surface area contributed by atoms with Crippen LogP contribution in [0.4, 0.5) is 0 Å². The van der Waals surface area contributed by atoms with Crippen LogP contribution in [0.5, 0.6) is 0 Å². The van der Waals surface area contributed by atoms with Crippen molar-refractivity contribution in [1.82, 2.24) is 0 Å². The van der Waals surface area contributed by atoms with E-state index in [1.165, 1.54) is 78.8 Å². The van der Waals surface area contributed by atoms with Crippen molar-refractivity contribution < 1.29 is 0 Å². The lowest BCUT2D eigenvalue weighted by molar-refractivity contribution is 0.549. The summed E-state index contributed by atoms with van der Waals surface area (Å²) >= 11 is 0. The van der Waals surface area contributed by atoms with E-state index in [0.717, 1.165) is 0 Å². The quantitative estimate of drug-likeness (QED) is 0.313. The summed E-state index contributed by atoms with van der Waals surface area (Å²) in [5.74, 6) is 2.27. The van der Waals surface area contributed by atoms with Crippen molar-refractivity contribution in [2.24, 2.45) is 0 Å². The van der Waals surface area contributed by atoms with Gasteiger partial charge >= 0.3 is 0 Å². The number of hydrogen-bond donors (Lipinski definition) is 0. The first-order valence-electron chi connectivity index (χ1n) is 7.79. The molecule has 0 N–H and O–H groups in total. The van der Waals surface area contributed by atoms with Crippen LogP contribution in [0.3, 0.4) is 0 Å². The molecular weight excluding hydrogens is 254 g/mol. The molecule has 0 saturated heterocycles. The minimum Gasteiger partial charge on any atom is -0.118 e. The Kier molecular flexibility index (Phi) is 9.26. The molecule has 1 aliphatic heterocycles. The Morgan fingerprint density at radius 3 is 1.94 bits per heavy atom. The summed E-state index contributed by atoms with van der Waals surface area (Å²) in [5.41, 5.74) is 0. The van der Waals surface area contributed by atoms with Gasteiger partial charge in [0, 0.05) is 4.90 Å². The largest absolute Gasteiger partial charge is 0.118 e. The van der Waals surface area contributed by atoms with E-state index in [1.807, 2.05) is 0 Å². The molecule has 0 saturated carbocycles. The van der Waals surface area contributed by atoms with Crippen molar-refractivity contribution in [3.05, 3.63) is 12.2 Å². The van der Waals surface area contributed by atoms with E-state index in [9.17, 15) is 0 Å². The van der Waals surface area contributed by atoms with Gasteiger partial charge in [0.15, 0.2) is 0 Å². The number of unbranched alkanes of at least 4 members (excludes halogenated alkanes) is 9. The zero-order valence-electron chi connectivity index (χ0n) is 12.0. The molecule has 0 aromatic carbocycles. The van der Waals surface area contributed by atoms with Crippen LogP contribution in [0.1, 0.15) is 77.6 Å². The SMILES string of the molecule is CCCCCCCCCCCCC1(P)C=CC=P1. The average Bonchev–Trinajstić information content (AvgIpc) is 2.79. The molecule has 0 aromatic heterocycles. The van der Waals surface area contributed by atoms with Crippen molar-refractivity contribution in [2.75, 3.05) is 0 Å². The molecule has 0 aliphatic carbocycles. The minimum atomic E-state index is 0.389. The first-order chi connectivity index (χ1) is 8.77. The van der Waals surface area contributed by atoms with Crippen LogP contribution < -0.4 is 0 Å². The smallest absolute Gasteiger partial charge is 0.0444 e. The molecule has 1 rings (SSSR count). The van der Waals surface area contributed by atoms with Gasteiger partial charge in [-0.15, -0.1) is 9.24 Å². The highest BCUT2D eigenvalue weighted by Crippen LogP contribution is 2.41. The van der Waals surface area contributed by atoms with Crippen LogP contribution >= 0.6 is 17.4 Å². The van der Waals surface area contributed by atoms with Crippen molar-refractivity contribution >= 4 is 23.2 Å². The van der Waals surface area contributed by atoms with Crippen molar-refractivity contribution in [3.8, 4) is 0 Å². The summed E-state index contributed by atoms with van der Waals surface area (Å²) < 4.78 is 0. The summed E-state index contributed by atoms with van der Waals surface area (Å²) in [7, 11) is 4.50. The molecule has 1 heterocycles. The molecule has 0 bridgehead atoms. The summed E-state index contributed by atoms with van der Waals surface area (Å²) in [6, 6.07) is 0. The third-order valence-electron chi connectivity index (χ3n) is 3.72. The highest BCUT2D eigenvalue weighted by atomic mass is 31.1. The van der Waals surface area contributed by atoms with E-state index in [-0.39, 0.29) is 0 Å². The Morgan fingerprint density at radius 2 is 1.44 bits per heavy atom. The second kappa shape index (κ2) is 10.2. The Labute approximate surface area is 118 Å². The molecule has 0 aromatic rings. The molecule has 0 amide bonds. The van der Waals surface area contributed by atoms with Crippen LogP contribution in [0.25, 0.3) is 0 Å². The van der Waals surface area contributed by atoms with Gasteiger partial charge in [-0.3, -0.25) is 0 Å². The Bertz CT molecular complexity index is 244. The molecule has 0 spiro atoms. The molecule has 2 atom stereocenters. The summed E-state index contributed by atoms with van der Waals surface area (Å²) in [5, 5.41) is 0. The monoisotopic (exact) mass is 284 g/mol. The molecule has 1 aliphatic rings. The maximum Gasteiger partial charge on any atom is 0.0444 e. The van der Waals surface area contributed by atoms with E-state index in [4.69, 9.17) is 0 Å². The first kappa shape index (κ1) is 16.4. The molecule has 0 fully saturated rings. The normalized spacial score (nSPS) is 22.8. The minimum absolute atomic E-state index is 0.389. The zero-order chi connectivity index (χ0) is 13.1. The molecule has 2 unspecified atom stereocenters. The van der Waals surface area contributed by atoms with Gasteiger partial charge in [-0.2, -0.15) is 0 Å². The molecule has 18 heavy (non-hydrogen) atoms. The zero-order valence-corrected chi connectivity index (χ0v) is 14.1. The third-order valence-corrected chi connectivity index (χ3v) is 5.82. The van der Waals surface area contributed by atoms with Gasteiger partial charge in [0.1, 0.15) is 0 Å². The fourth-order valence-electron chi connectivity index (χ4n) is 2.48. The van der Waals surface area contributed by atoms with Crippen molar-refractivity contribution in [1.29, 1.82) is 0 Å². The number of hydrogen-bond acceptors (Lipinski definition) is 0. The highest BCUT2D eigenvalue weighted by molar-refractivity contribution is 7.53.